The van der Waals surface area contributed by atoms with Crippen molar-refractivity contribution in [1.29, 1.82) is 0 Å². The summed E-state index contributed by atoms with van der Waals surface area (Å²) in [6, 6.07) is 0. The Bertz CT molecular complexity index is 432. The normalized spacial score (nSPS) is 16.8. The van der Waals surface area contributed by atoms with Crippen molar-refractivity contribution in [3.8, 4) is 0 Å². The molecule has 0 radical (unpaired) electrons. The molecule has 5 heteroatoms. The van der Waals surface area contributed by atoms with E-state index in [0.29, 0.717) is 23.0 Å². The molecule has 1 aromatic heterocycles. The number of rotatable bonds is 3. The minimum Gasteiger partial charge on any atom is -0.395 e. The molecule has 0 aliphatic heterocycles. The molecule has 5 nitrogen and oxygen atoms in total. The molecule has 0 spiro atoms. The lowest BCUT2D eigenvalue weighted by Crippen LogP contribution is -2.32. The summed E-state index contributed by atoms with van der Waals surface area (Å²) in [6.07, 6.45) is 6.35. The summed E-state index contributed by atoms with van der Waals surface area (Å²) in [4.78, 5) is 12.1. The first-order valence-corrected chi connectivity index (χ1v) is 6.67. The van der Waals surface area contributed by atoms with E-state index in [4.69, 9.17) is 5.73 Å². The van der Waals surface area contributed by atoms with Gasteiger partial charge < -0.3 is 11.1 Å². The minimum atomic E-state index is -0.110. The fraction of sp³-hybridized carbons (Fsp3) is 0.692. The highest BCUT2D eigenvalue weighted by Crippen LogP contribution is 2.23. The van der Waals surface area contributed by atoms with Gasteiger partial charge in [-0.2, -0.15) is 5.10 Å². The van der Waals surface area contributed by atoms with E-state index in [0.717, 1.165) is 6.54 Å². The second-order valence-corrected chi connectivity index (χ2v) is 5.19. The van der Waals surface area contributed by atoms with E-state index in [1.165, 1.54) is 32.1 Å². The van der Waals surface area contributed by atoms with Gasteiger partial charge in [0.05, 0.1) is 11.4 Å². The van der Waals surface area contributed by atoms with Crippen molar-refractivity contribution in [2.45, 2.75) is 39.0 Å². The Kier molecular flexibility index (Phi) is 3.89. The first-order valence-electron chi connectivity index (χ1n) is 6.67. The number of carbonyl (C=O) groups is 1. The zero-order valence-electron chi connectivity index (χ0n) is 11.2. The summed E-state index contributed by atoms with van der Waals surface area (Å²) >= 11 is 0. The molecular formula is C13H22N4O. The fourth-order valence-corrected chi connectivity index (χ4v) is 2.66. The van der Waals surface area contributed by atoms with Crippen LogP contribution in [-0.4, -0.2) is 22.2 Å². The van der Waals surface area contributed by atoms with E-state index < -0.39 is 0 Å². The van der Waals surface area contributed by atoms with Crippen LogP contribution in [0.15, 0.2) is 0 Å². The lowest BCUT2D eigenvalue weighted by molar-refractivity contribution is 0.0935. The van der Waals surface area contributed by atoms with Gasteiger partial charge >= 0.3 is 0 Å². The molecule has 1 saturated carbocycles. The van der Waals surface area contributed by atoms with E-state index >= 15 is 0 Å². The molecule has 0 unspecified atom stereocenters. The van der Waals surface area contributed by atoms with Crippen LogP contribution in [0, 0.1) is 12.8 Å². The molecule has 18 heavy (non-hydrogen) atoms. The number of aryl methyl sites for hydroxylation is 2. The quantitative estimate of drug-likeness (QED) is 0.856. The predicted octanol–water partition coefficient (Wildman–Crippen LogP) is 1.62. The van der Waals surface area contributed by atoms with Gasteiger partial charge in [-0.15, -0.1) is 0 Å². The van der Waals surface area contributed by atoms with Gasteiger partial charge in [-0.25, -0.2) is 0 Å². The standard InChI is InChI=1S/C13H22N4O/c1-9-11(14)12(17(2)16-9)13(18)15-8-10-6-4-3-5-7-10/h10H,3-8,14H2,1-2H3,(H,15,18). The first-order chi connectivity index (χ1) is 8.59. The number of nitrogen functional groups attached to an aromatic ring is 1. The average molecular weight is 250 g/mol. The maximum Gasteiger partial charge on any atom is 0.271 e. The van der Waals surface area contributed by atoms with Crippen molar-refractivity contribution in [3.63, 3.8) is 0 Å². The minimum absolute atomic E-state index is 0.110. The predicted molar refractivity (Wildman–Crippen MR) is 71.3 cm³/mol. The molecule has 1 aliphatic rings. The van der Waals surface area contributed by atoms with Crippen LogP contribution in [-0.2, 0) is 7.05 Å². The third-order valence-electron chi connectivity index (χ3n) is 3.76. The number of amides is 1. The molecule has 1 amide bonds. The number of nitrogens with one attached hydrogen (secondary N) is 1. The van der Waals surface area contributed by atoms with Crippen molar-refractivity contribution < 1.29 is 4.79 Å². The van der Waals surface area contributed by atoms with Gasteiger partial charge in [0.2, 0.25) is 0 Å². The molecule has 100 valence electrons. The highest BCUT2D eigenvalue weighted by atomic mass is 16.2. The Labute approximate surface area is 108 Å². The largest absolute Gasteiger partial charge is 0.395 e. The van der Waals surface area contributed by atoms with Gasteiger partial charge in [0, 0.05) is 13.6 Å². The van der Waals surface area contributed by atoms with E-state index in [1.807, 2.05) is 6.92 Å². The van der Waals surface area contributed by atoms with Crippen LogP contribution in [0.4, 0.5) is 5.69 Å². The van der Waals surface area contributed by atoms with Crippen LogP contribution in [0.1, 0.15) is 48.3 Å². The van der Waals surface area contributed by atoms with Crippen LogP contribution < -0.4 is 11.1 Å². The smallest absolute Gasteiger partial charge is 0.271 e. The zero-order valence-corrected chi connectivity index (χ0v) is 11.2. The summed E-state index contributed by atoms with van der Waals surface area (Å²) in [5.74, 6) is 0.513. The summed E-state index contributed by atoms with van der Waals surface area (Å²) in [5, 5.41) is 7.14. The highest BCUT2D eigenvalue weighted by Gasteiger charge is 2.19. The van der Waals surface area contributed by atoms with E-state index in [2.05, 4.69) is 10.4 Å². The fourth-order valence-electron chi connectivity index (χ4n) is 2.66. The number of aromatic nitrogens is 2. The summed E-state index contributed by atoms with van der Waals surface area (Å²) in [7, 11) is 1.75. The number of carbonyl (C=O) groups excluding carboxylic acids is 1. The average Bonchev–Trinajstić information content (AvgIpc) is 2.62. The second-order valence-electron chi connectivity index (χ2n) is 5.19. The maximum atomic E-state index is 12.1. The number of nitrogens with two attached hydrogens (primary N) is 1. The first kappa shape index (κ1) is 12.9. The molecule has 3 N–H and O–H groups in total. The highest BCUT2D eigenvalue weighted by molar-refractivity contribution is 5.97. The van der Waals surface area contributed by atoms with Crippen molar-refractivity contribution in [3.05, 3.63) is 11.4 Å². The van der Waals surface area contributed by atoms with E-state index in [1.54, 1.807) is 11.7 Å². The molecule has 0 aromatic carbocycles. The van der Waals surface area contributed by atoms with Crippen LogP contribution in [0.5, 0.6) is 0 Å². The van der Waals surface area contributed by atoms with Gasteiger partial charge in [-0.3, -0.25) is 9.48 Å². The van der Waals surface area contributed by atoms with Crippen LogP contribution in [0.3, 0.4) is 0 Å². The molecule has 0 saturated heterocycles. The lowest BCUT2D eigenvalue weighted by Gasteiger charge is -2.21. The van der Waals surface area contributed by atoms with Crippen LogP contribution >= 0.6 is 0 Å². The number of hydrogen-bond donors (Lipinski definition) is 2. The third-order valence-corrected chi connectivity index (χ3v) is 3.76. The summed E-state index contributed by atoms with van der Waals surface area (Å²) in [5.41, 5.74) is 7.54. The SMILES string of the molecule is Cc1nn(C)c(C(=O)NCC2CCCCC2)c1N. The molecule has 0 bridgehead atoms. The molecule has 2 rings (SSSR count). The molecule has 1 heterocycles. The monoisotopic (exact) mass is 250 g/mol. The van der Waals surface area contributed by atoms with Crippen molar-refractivity contribution >= 4 is 11.6 Å². The topological polar surface area (TPSA) is 72.9 Å². The molecule has 1 aliphatic carbocycles. The summed E-state index contributed by atoms with van der Waals surface area (Å²) < 4.78 is 1.56. The van der Waals surface area contributed by atoms with Crippen molar-refractivity contribution in [1.82, 2.24) is 15.1 Å². The lowest BCUT2D eigenvalue weighted by atomic mass is 9.89. The van der Waals surface area contributed by atoms with Gasteiger partial charge in [0.1, 0.15) is 5.69 Å². The Morgan fingerprint density at radius 2 is 2.11 bits per heavy atom. The van der Waals surface area contributed by atoms with Gasteiger partial charge in [-0.1, -0.05) is 19.3 Å². The number of nitrogens with zero attached hydrogens (tertiary/aromatic N) is 2. The zero-order chi connectivity index (χ0) is 13.1. The van der Waals surface area contributed by atoms with Gasteiger partial charge in [0.15, 0.2) is 0 Å². The Morgan fingerprint density at radius 1 is 1.44 bits per heavy atom. The second kappa shape index (κ2) is 5.42. The molecule has 0 atom stereocenters. The molecule has 1 aromatic rings. The van der Waals surface area contributed by atoms with Crippen LogP contribution in [0.25, 0.3) is 0 Å². The maximum absolute atomic E-state index is 12.1. The van der Waals surface area contributed by atoms with E-state index in [-0.39, 0.29) is 5.91 Å². The van der Waals surface area contributed by atoms with Gasteiger partial charge in [-0.05, 0) is 25.7 Å². The van der Waals surface area contributed by atoms with Gasteiger partial charge in [0.25, 0.3) is 5.91 Å². The molecule has 1 fully saturated rings. The Hall–Kier alpha value is -1.52. The number of anilines is 1. The Balaban J connectivity index is 1.95. The van der Waals surface area contributed by atoms with E-state index in [9.17, 15) is 4.79 Å². The third kappa shape index (κ3) is 2.66. The number of hydrogen-bond acceptors (Lipinski definition) is 3. The molecular weight excluding hydrogens is 228 g/mol. The van der Waals surface area contributed by atoms with Crippen molar-refractivity contribution in [2.75, 3.05) is 12.3 Å². The summed E-state index contributed by atoms with van der Waals surface area (Å²) in [6.45, 7) is 2.57. The van der Waals surface area contributed by atoms with Crippen molar-refractivity contribution in [2.24, 2.45) is 13.0 Å². The van der Waals surface area contributed by atoms with Crippen LogP contribution in [0.2, 0.25) is 0 Å². The Morgan fingerprint density at radius 3 is 2.67 bits per heavy atom.